The topological polar surface area (TPSA) is 37.5 Å². The van der Waals surface area contributed by atoms with E-state index in [2.05, 4.69) is 26.0 Å². The summed E-state index contributed by atoms with van der Waals surface area (Å²) in [7, 11) is 0. The molecular weight excluding hydrogens is 240 g/mol. The Bertz CT molecular complexity index is 846. The number of aromatic nitrogens is 4. The van der Waals surface area contributed by atoms with Crippen LogP contribution in [0.15, 0.2) is 29.8 Å². The zero-order valence-electron chi connectivity index (χ0n) is 8.04. The maximum Gasteiger partial charge on any atom is 0.200 e. The van der Waals surface area contributed by atoms with Crippen molar-refractivity contribution < 1.29 is 0 Å². The second kappa shape index (κ2) is 2.72. The van der Waals surface area contributed by atoms with Gasteiger partial charge in [-0.1, -0.05) is 0 Å². The molecule has 4 nitrogen and oxygen atoms in total. The predicted molar refractivity (Wildman–Crippen MR) is 66.7 cm³/mol. The number of nitrogens with zero attached hydrogens (tertiary/aromatic N) is 3. The van der Waals surface area contributed by atoms with Gasteiger partial charge in [-0.05, 0) is 35.8 Å². The quantitative estimate of drug-likeness (QED) is 0.484. The number of hydrogen-bond donors (Lipinski definition) is 1. The summed E-state index contributed by atoms with van der Waals surface area (Å²) in [5.74, 6) is 0. The fourth-order valence-corrected chi connectivity index (χ4v) is 3.25. The van der Waals surface area contributed by atoms with Crippen molar-refractivity contribution in [2.75, 3.05) is 0 Å². The molecule has 4 aromatic heterocycles. The molecule has 0 atom stereocenters. The molecule has 4 heterocycles. The number of nitrogens with one attached hydrogen (secondary N) is 1. The molecule has 0 aliphatic heterocycles. The van der Waals surface area contributed by atoms with E-state index in [0.717, 1.165) is 21.5 Å². The standard InChI is InChI=1S/C10H6N4S2/c15-10-12-11-8-6-2-1-4-13(6)7-3-5-16-9(7)14(8)10/h1-5H,(H,12,15). The van der Waals surface area contributed by atoms with E-state index in [1.807, 2.05) is 22.7 Å². The molecule has 6 heteroatoms. The lowest BCUT2D eigenvalue weighted by molar-refractivity contribution is 1.09. The molecule has 0 aliphatic rings. The SMILES string of the molecule is S=c1[nH]nc2c3cccn3c3ccsc3n12. The summed E-state index contributed by atoms with van der Waals surface area (Å²) in [4.78, 5) is 1.12. The van der Waals surface area contributed by atoms with Gasteiger partial charge in [0.1, 0.15) is 4.83 Å². The molecule has 0 unspecified atom stereocenters. The van der Waals surface area contributed by atoms with E-state index in [-0.39, 0.29) is 0 Å². The maximum atomic E-state index is 5.26. The van der Waals surface area contributed by atoms with Crippen molar-refractivity contribution in [3.05, 3.63) is 34.5 Å². The highest BCUT2D eigenvalue weighted by atomic mass is 32.1. The molecule has 0 spiro atoms. The molecule has 0 aromatic carbocycles. The fraction of sp³-hybridized carbons (Fsp3) is 0. The van der Waals surface area contributed by atoms with Crippen LogP contribution in [0.25, 0.3) is 21.5 Å². The van der Waals surface area contributed by atoms with Crippen LogP contribution in [0.4, 0.5) is 0 Å². The molecule has 0 aliphatic carbocycles. The minimum Gasteiger partial charge on any atom is -0.311 e. The molecule has 78 valence electrons. The summed E-state index contributed by atoms with van der Waals surface area (Å²) in [6.45, 7) is 0. The summed E-state index contributed by atoms with van der Waals surface area (Å²) in [5.41, 5.74) is 3.11. The Labute approximate surface area is 98.8 Å². The van der Waals surface area contributed by atoms with Crippen LogP contribution in [0, 0.1) is 4.77 Å². The number of H-pyrrole nitrogens is 1. The highest BCUT2D eigenvalue weighted by molar-refractivity contribution is 7.71. The lowest BCUT2D eigenvalue weighted by atomic mass is 10.4. The van der Waals surface area contributed by atoms with Crippen LogP contribution in [0.3, 0.4) is 0 Å². The van der Waals surface area contributed by atoms with Crippen LogP contribution < -0.4 is 0 Å². The van der Waals surface area contributed by atoms with Gasteiger partial charge in [-0.2, -0.15) is 5.10 Å². The molecule has 16 heavy (non-hydrogen) atoms. The van der Waals surface area contributed by atoms with Crippen molar-refractivity contribution >= 4 is 45.1 Å². The van der Waals surface area contributed by atoms with Gasteiger partial charge in [0.15, 0.2) is 5.65 Å². The normalized spacial score (nSPS) is 12.0. The van der Waals surface area contributed by atoms with E-state index in [1.54, 1.807) is 11.3 Å². The van der Waals surface area contributed by atoms with Gasteiger partial charge in [0.25, 0.3) is 0 Å². The largest absolute Gasteiger partial charge is 0.311 e. The highest BCUT2D eigenvalue weighted by Crippen LogP contribution is 2.25. The van der Waals surface area contributed by atoms with Crippen molar-refractivity contribution in [1.29, 1.82) is 0 Å². The molecule has 0 saturated heterocycles. The predicted octanol–water partition coefficient (Wildman–Crippen LogP) is 2.86. The van der Waals surface area contributed by atoms with E-state index in [0.29, 0.717) is 4.77 Å². The first kappa shape index (κ1) is 8.49. The Morgan fingerprint density at radius 1 is 1.31 bits per heavy atom. The molecule has 4 rings (SSSR count). The van der Waals surface area contributed by atoms with E-state index >= 15 is 0 Å². The first-order chi connectivity index (χ1) is 7.86. The highest BCUT2D eigenvalue weighted by Gasteiger charge is 2.10. The summed E-state index contributed by atoms with van der Waals surface area (Å²) < 4.78 is 4.77. The lowest BCUT2D eigenvalue weighted by Gasteiger charge is -2.00. The van der Waals surface area contributed by atoms with E-state index in [4.69, 9.17) is 12.2 Å². The maximum absolute atomic E-state index is 5.26. The van der Waals surface area contributed by atoms with Crippen LogP contribution in [0.2, 0.25) is 0 Å². The first-order valence-corrected chi connectivity index (χ1v) is 6.08. The van der Waals surface area contributed by atoms with Crippen molar-refractivity contribution in [3.63, 3.8) is 0 Å². The summed E-state index contributed by atoms with van der Waals surface area (Å²) in [5, 5.41) is 9.20. The van der Waals surface area contributed by atoms with Crippen molar-refractivity contribution in [2.45, 2.75) is 0 Å². The third-order valence-corrected chi connectivity index (χ3v) is 3.90. The Morgan fingerprint density at radius 2 is 2.25 bits per heavy atom. The number of hydrogen-bond acceptors (Lipinski definition) is 3. The Kier molecular flexibility index (Phi) is 1.44. The van der Waals surface area contributed by atoms with Crippen LogP contribution >= 0.6 is 23.6 Å². The van der Waals surface area contributed by atoms with Gasteiger partial charge in [-0.25, -0.2) is 0 Å². The van der Waals surface area contributed by atoms with Crippen LogP contribution in [-0.2, 0) is 0 Å². The zero-order chi connectivity index (χ0) is 10.7. The van der Waals surface area contributed by atoms with Crippen LogP contribution in [0.5, 0.6) is 0 Å². The molecular formula is C10H6N4S2. The van der Waals surface area contributed by atoms with Gasteiger partial charge in [0, 0.05) is 6.20 Å². The molecule has 4 aromatic rings. The van der Waals surface area contributed by atoms with E-state index in [9.17, 15) is 0 Å². The monoisotopic (exact) mass is 246 g/mol. The molecule has 0 amide bonds. The van der Waals surface area contributed by atoms with E-state index in [1.165, 1.54) is 0 Å². The number of fused-ring (bicyclic) bond motifs is 6. The third-order valence-electron chi connectivity index (χ3n) is 2.74. The van der Waals surface area contributed by atoms with Crippen molar-refractivity contribution in [2.24, 2.45) is 0 Å². The Hall–Kier alpha value is -1.66. The molecule has 0 fully saturated rings. The van der Waals surface area contributed by atoms with Crippen molar-refractivity contribution in [3.8, 4) is 0 Å². The lowest BCUT2D eigenvalue weighted by Crippen LogP contribution is -1.92. The van der Waals surface area contributed by atoms with Gasteiger partial charge in [-0.15, -0.1) is 11.3 Å². The second-order valence-corrected chi connectivity index (χ2v) is 4.84. The Morgan fingerprint density at radius 3 is 3.19 bits per heavy atom. The fourth-order valence-electron chi connectivity index (χ4n) is 2.08. The van der Waals surface area contributed by atoms with Gasteiger partial charge >= 0.3 is 0 Å². The summed E-state index contributed by atoms with van der Waals surface area (Å²) >= 11 is 6.93. The van der Waals surface area contributed by atoms with Gasteiger partial charge in [-0.3, -0.25) is 9.50 Å². The van der Waals surface area contributed by atoms with Crippen molar-refractivity contribution in [1.82, 2.24) is 19.0 Å². The molecule has 0 radical (unpaired) electrons. The Balaban J connectivity index is 2.59. The minimum absolute atomic E-state index is 0.645. The van der Waals surface area contributed by atoms with Gasteiger partial charge in [0.05, 0.1) is 11.0 Å². The number of aromatic amines is 1. The van der Waals surface area contributed by atoms with E-state index < -0.39 is 0 Å². The second-order valence-electron chi connectivity index (χ2n) is 3.56. The summed E-state index contributed by atoms with van der Waals surface area (Å²) in [6, 6.07) is 6.16. The summed E-state index contributed by atoms with van der Waals surface area (Å²) in [6.07, 6.45) is 2.04. The molecule has 0 bridgehead atoms. The molecule has 1 N–H and O–H groups in total. The number of thiophene rings is 1. The minimum atomic E-state index is 0.645. The smallest absolute Gasteiger partial charge is 0.200 e. The average molecular weight is 246 g/mol. The first-order valence-electron chi connectivity index (χ1n) is 4.79. The molecule has 0 saturated carbocycles. The average Bonchev–Trinajstić information content (AvgIpc) is 2.91. The van der Waals surface area contributed by atoms with Crippen LogP contribution in [-0.4, -0.2) is 19.0 Å². The number of rotatable bonds is 0. The van der Waals surface area contributed by atoms with Gasteiger partial charge in [0.2, 0.25) is 4.77 Å². The third kappa shape index (κ3) is 0.845. The van der Waals surface area contributed by atoms with Crippen LogP contribution in [0.1, 0.15) is 0 Å². The van der Waals surface area contributed by atoms with Gasteiger partial charge < -0.3 is 4.40 Å². The zero-order valence-corrected chi connectivity index (χ0v) is 9.68.